The fourth-order valence-electron chi connectivity index (χ4n) is 2.16. The molecule has 2 aromatic rings. The largest absolute Gasteiger partial charge is 0.483 e. The van der Waals surface area contributed by atoms with Crippen molar-refractivity contribution in [3.05, 3.63) is 63.1 Å². The van der Waals surface area contributed by atoms with Gasteiger partial charge >= 0.3 is 0 Å². The van der Waals surface area contributed by atoms with Gasteiger partial charge in [0.1, 0.15) is 5.75 Å². The molecule has 0 heterocycles. The van der Waals surface area contributed by atoms with Crippen molar-refractivity contribution in [3.63, 3.8) is 0 Å². The van der Waals surface area contributed by atoms with Crippen LogP contribution in [0.1, 0.15) is 27.0 Å². The van der Waals surface area contributed by atoms with E-state index >= 15 is 0 Å². The van der Waals surface area contributed by atoms with Crippen molar-refractivity contribution in [3.8, 4) is 5.75 Å². The van der Waals surface area contributed by atoms with Gasteiger partial charge in [-0.2, -0.15) is 0 Å². The zero-order valence-corrected chi connectivity index (χ0v) is 15.4. The maximum atomic E-state index is 12.1. The number of carbonyl (C=O) groups is 2. The number of hydrazine groups is 1. The Kier molecular flexibility index (Phi) is 5.98. The topological polar surface area (TPSA) is 67.4 Å². The van der Waals surface area contributed by atoms with Crippen LogP contribution in [0, 0.1) is 20.8 Å². The fraction of sp³-hybridized carbons (Fsp3) is 0.222. The number of carbonyl (C=O) groups excluding carboxylic acids is 2. The lowest BCUT2D eigenvalue weighted by Crippen LogP contribution is -2.44. The van der Waals surface area contributed by atoms with Crippen LogP contribution in [0.5, 0.6) is 5.75 Å². The van der Waals surface area contributed by atoms with Crippen LogP contribution in [0.3, 0.4) is 0 Å². The number of ether oxygens (including phenoxy) is 1. The fourth-order valence-corrected chi connectivity index (χ4v) is 2.77. The molecule has 0 fully saturated rings. The number of amides is 2. The van der Waals surface area contributed by atoms with E-state index in [1.165, 1.54) is 0 Å². The van der Waals surface area contributed by atoms with E-state index in [1.54, 1.807) is 12.1 Å². The Balaban J connectivity index is 1.85. The molecule has 24 heavy (non-hydrogen) atoms. The molecule has 0 radical (unpaired) electrons. The summed E-state index contributed by atoms with van der Waals surface area (Å²) in [7, 11) is 0. The molecule has 2 rings (SSSR count). The molecule has 0 aliphatic carbocycles. The number of hydrogen-bond donors (Lipinski definition) is 2. The second-order valence-corrected chi connectivity index (χ2v) is 6.40. The first kappa shape index (κ1) is 18.0. The molecule has 0 saturated carbocycles. The molecule has 5 nitrogen and oxygen atoms in total. The predicted molar refractivity (Wildman–Crippen MR) is 95.9 cm³/mol. The number of benzene rings is 2. The average Bonchev–Trinajstić information content (AvgIpc) is 2.51. The van der Waals surface area contributed by atoms with Gasteiger partial charge in [0, 0.05) is 5.56 Å². The number of rotatable bonds is 4. The smallest absolute Gasteiger partial charge is 0.276 e. The van der Waals surface area contributed by atoms with Gasteiger partial charge in [0.25, 0.3) is 11.8 Å². The highest BCUT2D eigenvalue weighted by atomic mass is 79.9. The van der Waals surface area contributed by atoms with E-state index < -0.39 is 5.91 Å². The zero-order valence-electron chi connectivity index (χ0n) is 13.8. The predicted octanol–water partition coefficient (Wildman–Crippen LogP) is 3.21. The van der Waals surface area contributed by atoms with Gasteiger partial charge < -0.3 is 4.74 Å². The summed E-state index contributed by atoms with van der Waals surface area (Å²) in [6.07, 6.45) is 0. The first-order valence-electron chi connectivity index (χ1n) is 7.42. The lowest BCUT2D eigenvalue weighted by molar-refractivity contribution is -0.123. The van der Waals surface area contributed by atoms with Gasteiger partial charge in [0.05, 0.1) is 4.47 Å². The Bertz CT molecular complexity index is 775. The highest BCUT2D eigenvalue weighted by Crippen LogP contribution is 2.25. The van der Waals surface area contributed by atoms with Crippen LogP contribution in [0.2, 0.25) is 0 Å². The maximum Gasteiger partial charge on any atom is 0.276 e. The zero-order chi connectivity index (χ0) is 17.7. The van der Waals surface area contributed by atoms with Gasteiger partial charge in [-0.1, -0.05) is 23.8 Å². The highest BCUT2D eigenvalue weighted by molar-refractivity contribution is 9.10. The van der Waals surface area contributed by atoms with E-state index in [9.17, 15) is 9.59 Å². The third-order valence-electron chi connectivity index (χ3n) is 3.39. The number of halogens is 1. The Morgan fingerprint density at radius 1 is 1.00 bits per heavy atom. The SMILES string of the molecule is Cc1ccc(C(=O)NNC(=O)COc2ccc(C)cc2Br)c(C)c1. The molecule has 0 spiro atoms. The van der Waals surface area contributed by atoms with Crippen LogP contribution in [-0.4, -0.2) is 18.4 Å². The van der Waals surface area contributed by atoms with Gasteiger partial charge in [-0.05, 0) is 66.0 Å². The van der Waals surface area contributed by atoms with E-state index in [4.69, 9.17) is 4.74 Å². The Morgan fingerprint density at radius 3 is 2.33 bits per heavy atom. The number of aryl methyl sites for hydroxylation is 3. The van der Waals surface area contributed by atoms with Crippen molar-refractivity contribution in [2.45, 2.75) is 20.8 Å². The summed E-state index contributed by atoms with van der Waals surface area (Å²) in [5.74, 6) is -0.241. The molecule has 2 N–H and O–H groups in total. The molecule has 126 valence electrons. The summed E-state index contributed by atoms with van der Waals surface area (Å²) < 4.78 is 6.19. The summed E-state index contributed by atoms with van der Waals surface area (Å²) in [6, 6.07) is 11.1. The maximum absolute atomic E-state index is 12.1. The Morgan fingerprint density at radius 2 is 1.67 bits per heavy atom. The van der Waals surface area contributed by atoms with Gasteiger partial charge in [0.2, 0.25) is 0 Å². The molecule has 2 amide bonds. The van der Waals surface area contributed by atoms with Gasteiger partial charge in [-0.15, -0.1) is 0 Å². The van der Waals surface area contributed by atoms with Crippen molar-refractivity contribution >= 4 is 27.7 Å². The number of nitrogens with one attached hydrogen (secondary N) is 2. The molecule has 0 aliphatic rings. The molecule has 0 bridgehead atoms. The molecule has 0 saturated heterocycles. The molecule has 0 atom stereocenters. The first-order valence-corrected chi connectivity index (χ1v) is 8.21. The van der Waals surface area contributed by atoms with Crippen molar-refractivity contribution in [2.75, 3.05) is 6.61 Å². The molecule has 0 aliphatic heterocycles. The van der Waals surface area contributed by atoms with E-state index in [0.717, 1.165) is 21.2 Å². The molecule has 0 aromatic heterocycles. The Labute approximate surface area is 149 Å². The monoisotopic (exact) mass is 390 g/mol. The standard InChI is InChI=1S/C18H19BrN2O3/c1-11-4-6-14(13(3)8-11)18(23)21-20-17(22)10-24-16-7-5-12(2)9-15(16)19/h4-9H,10H2,1-3H3,(H,20,22)(H,21,23). The molecular formula is C18H19BrN2O3. The van der Waals surface area contributed by atoms with Crippen molar-refractivity contribution in [2.24, 2.45) is 0 Å². The summed E-state index contributed by atoms with van der Waals surface area (Å²) in [4.78, 5) is 23.9. The van der Waals surface area contributed by atoms with E-state index in [2.05, 4.69) is 26.8 Å². The summed E-state index contributed by atoms with van der Waals surface area (Å²) in [5.41, 5.74) is 8.26. The van der Waals surface area contributed by atoms with Crippen LogP contribution in [-0.2, 0) is 4.79 Å². The minimum atomic E-state index is -0.444. The lowest BCUT2D eigenvalue weighted by atomic mass is 10.1. The molecular weight excluding hydrogens is 372 g/mol. The van der Waals surface area contributed by atoms with Gasteiger partial charge in [0.15, 0.2) is 6.61 Å². The van der Waals surface area contributed by atoms with Crippen LogP contribution in [0.15, 0.2) is 40.9 Å². The van der Waals surface area contributed by atoms with Crippen molar-refractivity contribution in [1.82, 2.24) is 10.9 Å². The van der Waals surface area contributed by atoms with Crippen LogP contribution in [0.4, 0.5) is 0 Å². The Hall–Kier alpha value is -2.34. The second kappa shape index (κ2) is 7.97. The highest BCUT2D eigenvalue weighted by Gasteiger charge is 2.11. The van der Waals surface area contributed by atoms with Crippen LogP contribution in [0.25, 0.3) is 0 Å². The van der Waals surface area contributed by atoms with Crippen molar-refractivity contribution in [1.29, 1.82) is 0 Å². The van der Waals surface area contributed by atoms with Crippen molar-refractivity contribution < 1.29 is 14.3 Å². The summed E-state index contributed by atoms with van der Waals surface area (Å²) in [6.45, 7) is 5.57. The summed E-state index contributed by atoms with van der Waals surface area (Å²) >= 11 is 3.38. The lowest BCUT2D eigenvalue weighted by Gasteiger charge is -2.11. The normalized spacial score (nSPS) is 10.2. The minimum Gasteiger partial charge on any atom is -0.483 e. The molecule has 0 unspecified atom stereocenters. The minimum absolute atomic E-state index is 0.200. The quantitative estimate of drug-likeness (QED) is 0.787. The van der Waals surface area contributed by atoms with Crippen LogP contribution >= 0.6 is 15.9 Å². The molecule has 6 heteroatoms. The number of hydrogen-bond acceptors (Lipinski definition) is 3. The van der Waals surface area contributed by atoms with E-state index in [0.29, 0.717) is 11.3 Å². The summed E-state index contributed by atoms with van der Waals surface area (Å²) in [5, 5.41) is 0. The second-order valence-electron chi connectivity index (χ2n) is 5.54. The van der Waals surface area contributed by atoms with Gasteiger partial charge in [-0.25, -0.2) is 0 Å². The van der Waals surface area contributed by atoms with E-state index in [-0.39, 0.29) is 12.5 Å². The van der Waals surface area contributed by atoms with Crippen LogP contribution < -0.4 is 15.6 Å². The average molecular weight is 391 g/mol. The third-order valence-corrected chi connectivity index (χ3v) is 4.01. The third kappa shape index (κ3) is 4.83. The van der Waals surface area contributed by atoms with Gasteiger partial charge in [-0.3, -0.25) is 20.4 Å². The van der Waals surface area contributed by atoms with E-state index in [1.807, 2.05) is 45.0 Å². The first-order chi connectivity index (χ1) is 11.4. The molecule has 2 aromatic carbocycles.